The van der Waals surface area contributed by atoms with Gasteiger partial charge >= 0.3 is 11.6 Å². The molecule has 0 aliphatic carbocycles. The molecule has 0 unspecified atom stereocenters. The Hall–Kier alpha value is -3.84. The third-order valence-corrected chi connectivity index (χ3v) is 3.05. The molecule has 0 aliphatic heterocycles. The van der Waals surface area contributed by atoms with Crippen molar-refractivity contribution in [1.29, 1.82) is 0 Å². The molecular formula is C13H11F2N5O7. The van der Waals surface area contributed by atoms with Crippen molar-refractivity contribution in [2.24, 2.45) is 0 Å². The smallest absolute Gasteiger partial charge is 0.362 e. The van der Waals surface area contributed by atoms with E-state index in [9.17, 15) is 33.8 Å². The number of benzene rings is 1. The van der Waals surface area contributed by atoms with Crippen LogP contribution in [0.25, 0.3) is 0 Å². The largest absolute Gasteiger partial charge is 0.487 e. The maximum absolute atomic E-state index is 12.3. The van der Waals surface area contributed by atoms with Gasteiger partial charge in [-0.3, -0.25) is 30.1 Å². The number of amides is 1. The summed E-state index contributed by atoms with van der Waals surface area (Å²) in [7, 11) is 1.11. The van der Waals surface area contributed by atoms with Crippen LogP contribution in [0.1, 0.15) is 10.5 Å². The van der Waals surface area contributed by atoms with Gasteiger partial charge in [0, 0.05) is 12.1 Å². The second-order valence-corrected chi connectivity index (χ2v) is 4.84. The van der Waals surface area contributed by atoms with Gasteiger partial charge < -0.3 is 14.8 Å². The van der Waals surface area contributed by atoms with E-state index >= 15 is 0 Å². The number of nitro groups is 2. The number of carbonyl (C=O) groups excluding carboxylic acids is 1. The van der Waals surface area contributed by atoms with Crippen LogP contribution in [-0.4, -0.2) is 46.1 Å². The number of non-ortho nitro benzene ring substituents is 1. The van der Waals surface area contributed by atoms with Crippen molar-refractivity contribution in [2.75, 3.05) is 19.0 Å². The Labute approximate surface area is 148 Å². The number of rotatable bonds is 8. The highest BCUT2D eigenvalue weighted by molar-refractivity contribution is 6.06. The molecule has 0 spiro atoms. The SMILES string of the molecule is COc1n[nH]c(C(=O)Nc2cc(OCC(F)F)cc([N+](=O)[O-])c2)c1[N+](=O)[O-]. The van der Waals surface area contributed by atoms with E-state index in [4.69, 9.17) is 4.74 Å². The quantitative estimate of drug-likeness (QED) is 0.514. The number of aromatic nitrogens is 2. The molecule has 1 amide bonds. The van der Waals surface area contributed by atoms with Crippen LogP contribution in [0.4, 0.5) is 25.8 Å². The Kier molecular flexibility index (Phi) is 5.79. The summed E-state index contributed by atoms with van der Waals surface area (Å²) in [5.74, 6) is -1.79. The number of anilines is 1. The molecule has 144 valence electrons. The fraction of sp³-hybridized carbons (Fsp3) is 0.231. The standard InChI is InChI=1S/C13H11F2N5O7/c1-26-13-11(20(24)25)10(17-18-13)12(21)16-6-2-7(19(22)23)4-8(3-6)27-5-9(14)15/h2-4,9H,5H2,1H3,(H,16,21)(H,17,18). The third kappa shape index (κ3) is 4.62. The molecular weight excluding hydrogens is 376 g/mol. The second-order valence-electron chi connectivity index (χ2n) is 4.84. The van der Waals surface area contributed by atoms with Crippen molar-refractivity contribution in [3.05, 3.63) is 44.1 Å². The van der Waals surface area contributed by atoms with Crippen molar-refractivity contribution in [3.8, 4) is 11.6 Å². The summed E-state index contributed by atoms with van der Waals surface area (Å²) in [6, 6.07) is 2.86. The molecule has 0 saturated heterocycles. The van der Waals surface area contributed by atoms with Crippen LogP contribution in [-0.2, 0) is 0 Å². The van der Waals surface area contributed by atoms with Crippen LogP contribution in [0.3, 0.4) is 0 Å². The molecule has 0 aliphatic rings. The molecule has 0 fully saturated rings. The molecule has 1 heterocycles. The zero-order valence-electron chi connectivity index (χ0n) is 13.5. The van der Waals surface area contributed by atoms with E-state index in [1.165, 1.54) is 0 Å². The average Bonchev–Trinajstić information content (AvgIpc) is 3.04. The van der Waals surface area contributed by atoms with E-state index in [-0.39, 0.29) is 11.4 Å². The number of alkyl halides is 2. The second kappa shape index (κ2) is 8.03. The number of nitro benzene ring substituents is 1. The minimum absolute atomic E-state index is 0.207. The Morgan fingerprint density at radius 3 is 2.56 bits per heavy atom. The number of H-pyrrole nitrogens is 1. The molecule has 0 radical (unpaired) electrons. The fourth-order valence-electron chi connectivity index (χ4n) is 1.99. The van der Waals surface area contributed by atoms with Crippen LogP contribution in [0.2, 0.25) is 0 Å². The Morgan fingerprint density at radius 2 is 2.00 bits per heavy atom. The highest BCUT2D eigenvalue weighted by Crippen LogP contribution is 2.30. The maximum atomic E-state index is 12.3. The topological polar surface area (TPSA) is 163 Å². The Morgan fingerprint density at radius 1 is 1.30 bits per heavy atom. The van der Waals surface area contributed by atoms with Gasteiger partial charge in [-0.05, 0) is 0 Å². The first-order valence-corrected chi connectivity index (χ1v) is 7.01. The summed E-state index contributed by atoms with van der Waals surface area (Å²) in [6.45, 7) is -1.02. The van der Waals surface area contributed by atoms with Crippen LogP contribution in [0.15, 0.2) is 18.2 Å². The molecule has 14 heteroatoms. The van der Waals surface area contributed by atoms with E-state index in [1.807, 2.05) is 0 Å². The molecule has 0 atom stereocenters. The molecule has 2 aromatic rings. The zero-order valence-corrected chi connectivity index (χ0v) is 13.5. The van der Waals surface area contributed by atoms with Gasteiger partial charge in [-0.2, -0.15) is 0 Å². The van der Waals surface area contributed by atoms with E-state index < -0.39 is 51.7 Å². The fourth-order valence-corrected chi connectivity index (χ4v) is 1.99. The monoisotopic (exact) mass is 387 g/mol. The number of nitrogens with one attached hydrogen (secondary N) is 2. The van der Waals surface area contributed by atoms with E-state index in [1.54, 1.807) is 0 Å². The predicted molar refractivity (Wildman–Crippen MR) is 84.3 cm³/mol. The number of carbonyl (C=O) groups is 1. The van der Waals surface area contributed by atoms with Gasteiger partial charge in [0.25, 0.3) is 18.0 Å². The minimum atomic E-state index is -2.82. The summed E-state index contributed by atoms with van der Waals surface area (Å²) < 4.78 is 33.9. The highest BCUT2D eigenvalue weighted by Gasteiger charge is 2.30. The molecule has 2 rings (SSSR count). The number of hydrogen-bond acceptors (Lipinski definition) is 8. The summed E-state index contributed by atoms with van der Waals surface area (Å²) in [5, 5.41) is 29.8. The number of methoxy groups -OCH3 is 1. The summed E-state index contributed by atoms with van der Waals surface area (Å²) in [4.78, 5) is 32.5. The number of aromatic amines is 1. The average molecular weight is 387 g/mol. The molecule has 1 aromatic heterocycles. The van der Waals surface area contributed by atoms with Crippen molar-refractivity contribution < 1.29 is 32.9 Å². The zero-order chi connectivity index (χ0) is 20.1. The molecule has 27 heavy (non-hydrogen) atoms. The number of hydrogen-bond donors (Lipinski definition) is 2. The summed E-state index contributed by atoms with van der Waals surface area (Å²) in [5.41, 5.74) is -2.07. The van der Waals surface area contributed by atoms with Gasteiger partial charge in [-0.1, -0.05) is 0 Å². The lowest BCUT2D eigenvalue weighted by atomic mass is 10.2. The molecule has 1 aromatic carbocycles. The van der Waals surface area contributed by atoms with Crippen molar-refractivity contribution in [1.82, 2.24) is 10.2 Å². The van der Waals surface area contributed by atoms with Gasteiger partial charge in [0.1, 0.15) is 12.4 Å². The molecule has 12 nitrogen and oxygen atoms in total. The minimum Gasteiger partial charge on any atom is -0.487 e. The van der Waals surface area contributed by atoms with E-state index in [2.05, 4.69) is 20.3 Å². The number of ether oxygens (including phenoxy) is 2. The first-order valence-electron chi connectivity index (χ1n) is 7.01. The molecule has 2 N–H and O–H groups in total. The van der Waals surface area contributed by atoms with Crippen molar-refractivity contribution in [3.63, 3.8) is 0 Å². The van der Waals surface area contributed by atoms with Crippen molar-refractivity contribution in [2.45, 2.75) is 6.43 Å². The number of nitrogens with zero attached hydrogens (tertiary/aromatic N) is 3. The number of halogens is 2. The Balaban J connectivity index is 2.33. The van der Waals surface area contributed by atoms with Gasteiger partial charge in [0.15, 0.2) is 0 Å². The maximum Gasteiger partial charge on any atom is 0.362 e. The predicted octanol–water partition coefficient (Wildman–Crippen LogP) is 2.13. The lowest BCUT2D eigenvalue weighted by Gasteiger charge is -2.09. The normalized spacial score (nSPS) is 10.5. The molecule has 0 saturated carbocycles. The van der Waals surface area contributed by atoms with Gasteiger partial charge in [-0.25, -0.2) is 8.78 Å². The Bertz CT molecular complexity index is 886. The summed E-state index contributed by atoms with van der Waals surface area (Å²) in [6.07, 6.45) is -2.82. The highest BCUT2D eigenvalue weighted by atomic mass is 19.3. The first-order chi connectivity index (χ1) is 12.7. The van der Waals surface area contributed by atoms with Crippen LogP contribution in [0, 0.1) is 20.2 Å². The van der Waals surface area contributed by atoms with Gasteiger partial charge in [0.05, 0.1) is 28.7 Å². The van der Waals surface area contributed by atoms with Crippen molar-refractivity contribution >= 4 is 23.0 Å². The third-order valence-electron chi connectivity index (χ3n) is 3.05. The van der Waals surface area contributed by atoms with Crippen LogP contribution in [0.5, 0.6) is 11.6 Å². The van der Waals surface area contributed by atoms with Crippen LogP contribution < -0.4 is 14.8 Å². The van der Waals surface area contributed by atoms with Gasteiger partial charge in [-0.15, -0.1) is 5.10 Å². The van der Waals surface area contributed by atoms with E-state index in [0.717, 1.165) is 25.3 Å². The lowest BCUT2D eigenvalue weighted by Crippen LogP contribution is -2.15. The first kappa shape index (κ1) is 19.5. The lowest BCUT2D eigenvalue weighted by molar-refractivity contribution is -0.386. The van der Waals surface area contributed by atoms with E-state index in [0.29, 0.717) is 0 Å². The van der Waals surface area contributed by atoms with Crippen LogP contribution >= 0.6 is 0 Å². The summed E-state index contributed by atoms with van der Waals surface area (Å²) >= 11 is 0. The molecule has 0 bridgehead atoms. The van der Waals surface area contributed by atoms with Gasteiger partial charge in [0.2, 0.25) is 5.69 Å².